The molecule has 0 saturated heterocycles. The lowest BCUT2D eigenvalue weighted by Crippen LogP contribution is -2.15. The Morgan fingerprint density at radius 1 is 1.09 bits per heavy atom. The Balaban J connectivity index is 0. The molecule has 11 heavy (non-hydrogen) atoms. The van der Waals surface area contributed by atoms with Gasteiger partial charge in [-0.2, -0.15) is 0 Å². The fourth-order valence-corrected chi connectivity index (χ4v) is 0. The molecule has 0 nitrogen and oxygen atoms in total. The smallest absolute Gasteiger partial charge is 0.125 e. The SMILES string of the molecule is CC(Cl)(Cl)C(Cl)Cl.ClCCCl. The first kappa shape index (κ1) is 15.2. The van der Waals surface area contributed by atoms with Gasteiger partial charge in [-0.15, -0.1) is 46.4 Å². The molecule has 6 heteroatoms. The van der Waals surface area contributed by atoms with Crippen molar-refractivity contribution >= 4 is 69.6 Å². The Bertz CT molecular complexity index is 73.5. The molecule has 0 atom stereocenters. The van der Waals surface area contributed by atoms with Crippen LogP contribution >= 0.6 is 69.6 Å². The van der Waals surface area contributed by atoms with Gasteiger partial charge < -0.3 is 0 Å². The third-order valence-corrected chi connectivity index (χ3v) is 2.78. The normalized spacial score (nSPS) is 10.9. The highest BCUT2D eigenvalue weighted by Gasteiger charge is 2.24. The summed E-state index contributed by atoms with van der Waals surface area (Å²) in [6.45, 7) is 1.53. The minimum atomic E-state index is -1.02. The van der Waals surface area contributed by atoms with E-state index in [0.717, 1.165) is 0 Å². The molecule has 0 radical (unpaired) electrons. The summed E-state index contributed by atoms with van der Waals surface area (Å²) in [5.41, 5.74) is 0. The first-order valence-electron chi connectivity index (χ1n) is 2.64. The van der Waals surface area contributed by atoms with E-state index in [-0.39, 0.29) is 0 Å². The molecule has 0 aliphatic carbocycles. The molecule has 0 amide bonds. The first-order chi connectivity index (χ1) is 4.86. The van der Waals surface area contributed by atoms with Crippen LogP contribution in [0.15, 0.2) is 0 Å². The molecule has 0 bridgehead atoms. The maximum absolute atomic E-state index is 5.37. The Hall–Kier alpha value is 1.74. The van der Waals surface area contributed by atoms with Crippen LogP contribution < -0.4 is 0 Å². The molecule has 0 spiro atoms. The third kappa shape index (κ3) is 14.6. The highest BCUT2D eigenvalue weighted by atomic mass is 35.5. The predicted octanol–water partition coefficient (Wildman–Crippen LogP) is 4.45. The predicted molar refractivity (Wildman–Crippen MR) is 57.0 cm³/mol. The zero-order valence-corrected chi connectivity index (χ0v) is 10.3. The van der Waals surface area contributed by atoms with Crippen LogP contribution in [-0.2, 0) is 0 Å². The molecular formula is C5H8Cl6. The van der Waals surface area contributed by atoms with Crippen molar-refractivity contribution in [1.82, 2.24) is 0 Å². The van der Waals surface area contributed by atoms with Crippen molar-refractivity contribution < 1.29 is 0 Å². The average Bonchev–Trinajstić information content (AvgIpc) is 1.87. The summed E-state index contributed by atoms with van der Waals surface area (Å²) < 4.78 is -1.02. The molecule has 0 heterocycles. The van der Waals surface area contributed by atoms with Gasteiger partial charge in [-0.25, -0.2) is 0 Å². The van der Waals surface area contributed by atoms with Crippen molar-refractivity contribution in [3.63, 3.8) is 0 Å². The van der Waals surface area contributed by atoms with Gasteiger partial charge in [0, 0.05) is 11.8 Å². The van der Waals surface area contributed by atoms with Crippen LogP contribution in [0.3, 0.4) is 0 Å². The van der Waals surface area contributed by atoms with Gasteiger partial charge in [0.05, 0.1) is 0 Å². The quantitative estimate of drug-likeness (QED) is 0.656. The molecule has 0 aliphatic rings. The van der Waals surface area contributed by atoms with Crippen molar-refractivity contribution in [2.24, 2.45) is 0 Å². The fourth-order valence-electron chi connectivity index (χ4n) is 0. The zero-order chi connectivity index (χ0) is 9.49. The number of alkyl halides is 6. The van der Waals surface area contributed by atoms with E-state index in [0.29, 0.717) is 11.8 Å². The topological polar surface area (TPSA) is 0 Å². The monoisotopic (exact) mass is 278 g/mol. The summed E-state index contributed by atoms with van der Waals surface area (Å²) in [6, 6.07) is 0. The Morgan fingerprint density at radius 3 is 1.27 bits per heavy atom. The number of hydrogen-bond donors (Lipinski definition) is 0. The van der Waals surface area contributed by atoms with Gasteiger partial charge in [0.25, 0.3) is 0 Å². The maximum atomic E-state index is 5.37. The van der Waals surface area contributed by atoms with Crippen LogP contribution in [0, 0.1) is 0 Å². The number of hydrogen-bond acceptors (Lipinski definition) is 0. The summed E-state index contributed by atoms with van der Waals surface area (Å²) in [7, 11) is 0. The summed E-state index contributed by atoms with van der Waals surface area (Å²) >= 11 is 31.4. The van der Waals surface area contributed by atoms with Crippen molar-refractivity contribution in [3.8, 4) is 0 Å². The molecule has 0 aromatic rings. The Labute approximate surface area is 97.0 Å². The molecular weight excluding hydrogens is 273 g/mol. The van der Waals surface area contributed by atoms with Crippen LogP contribution in [0.5, 0.6) is 0 Å². The van der Waals surface area contributed by atoms with Crippen molar-refractivity contribution in [2.45, 2.75) is 16.1 Å². The van der Waals surface area contributed by atoms with Crippen LogP contribution in [-0.4, -0.2) is 20.9 Å². The van der Waals surface area contributed by atoms with Gasteiger partial charge in [0.1, 0.15) is 9.17 Å². The van der Waals surface area contributed by atoms with E-state index < -0.39 is 9.17 Å². The van der Waals surface area contributed by atoms with Crippen molar-refractivity contribution in [3.05, 3.63) is 0 Å². The van der Waals surface area contributed by atoms with Crippen LogP contribution in [0.25, 0.3) is 0 Å². The standard InChI is InChI=1S/C3H4Cl4.C2H4Cl2/c1-3(6,7)2(4)5;3-1-2-4/h2H,1H3;1-2H2. The molecule has 0 aromatic carbocycles. The van der Waals surface area contributed by atoms with Crippen molar-refractivity contribution in [1.29, 1.82) is 0 Å². The van der Waals surface area contributed by atoms with Crippen LogP contribution in [0.2, 0.25) is 0 Å². The fraction of sp³-hybridized carbons (Fsp3) is 1.00. The van der Waals surface area contributed by atoms with Crippen molar-refractivity contribution in [2.75, 3.05) is 11.8 Å². The highest BCUT2D eigenvalue weighted by molar-refractivity contribution is 6.59. The molecule has 0 N–H and O–H groups in total. The van der Waals surface area contributed by atoms with E-state index in [1.54, 1.807) is 0 Å². The minimum absolute atomic E-state index is 0.557. The molecule has 0 fully saturated rings. The second-order valence-electron chi connectivity index (χ2n) is 1.63. The van der Waals surface area contributed by atoms with E-state index in [2.05, 4.69) is 0 Å². The van der Waals surface area contributed by atoms with Gasteiger partial charge in [-0.3, -0.25) is 0 Å². The second-order valence-corrected chi connectivity index (χ2v) is 5.25. The summed E-state index contributed by atoms with van der Waals surface area (Å²) in [6.07, 6.45) is 0. The van der Waals surface area contributed by atoms with E-state index in [4.69, 9.17) is 69.6 Å². The Morgan fingerprint density at radius 2 is 1.27 bits per heavy atom. The lowest BCUT2D eigenvalue weighted by Gasteiger charge is -2.12. The number of rotatable bonds is 2. The maximum Gasteiger partial charge on any atom is 0.145 e. The zero-order valence-electron chi connectivity index (χ0n) is 5.76. The van der Waals surface area contributed by atoms with Gasteiger partial charge in [-0.1, -0.05) is 23.2 Å². The number of halogens is 6. The third-order valence-electron chi connectivity index (χ3n) is 0.455. The van der Waals surface area contributed by atoms with Crippen LogP contribution in [0.1, 0.15) is 6.92 Å². The lowest BCUT2D eigenvalue weighted by atomic mass is 10.5. The van der Waals surface area contributed by atoms with E-state index in [1.165, 1.54) is 6.92 Å². The average molecular weight is 281 g/mol. The molecule has 70 valence electrons. The van der Waals surface area contributed by atoms with Gasteiger partial charge in [-0.05, 0) is 6.92 Å². The van der Waals surface area contributed by atoms with Crippen LogP contribution in [0.4, 0.5) is 0 Å². The largest absolute Gasteiger partial charge is 0.145 e. The van der Waals surface area contributed by atoms with Gasteiger partial charge in [0.2, 0.25) is 0 Å². The molecule has 0 rings (SSSR count). The van der Waals surface area contributed by atoms with Gasteiger partial charge in [0.15, 0.2) is 0 Å². The Kier molecular flexibility index (Phi) is 11.5. The van der Waals surface area contributed by atoms with E-state index in [9.17, 15) is 0 Å². The summed E-state index contributed by atoms with van der Waals surface area (Å²) in [5, 5.41) is 0. The summed E-state index contributed by atoms with van der Waals surface area (Å²) in [5.74, 6) is 1.11. The second kappa shape index (κ2) is 8.34. The molecule has 0 unspecified atom stereocenters. The molecule has 0 aromatic heterocycles. The highest BCUT2D eigenvalue weighted by Crippen LogP contribution is 2.30. The molecule has 0 saturated carbocycles. The summed E-state index contributed by atoms with van der Waals surface area (Å²) in [4.78, 5) is -0.726. The lowest BCUT2D eigenvalue weighted by molar-refractivity contribution is 0.951. The first-order valence-corrected chi connectivity index (χ1v) is 5.34. The van der Waals surface area contributed by atoms with E-state index in [1.807, 2.05) is 0 Å². The van der Waals surface area contributed by atoms with E-state index >= 15 is 0 Å². The van der Waals surface area contributed by atoms with Gasteiger partial charge >= 0.3 is 0 Å². The minimum Gasteiger partial charge on any atom is -0.125 e. The molecule has 0 aliphatic heterocycles.